The van der Waals surface area contributed by atoms with Crippen LogP contribution in [0.4, 0.5) is 5.69 Å². The van der Waals surface area contributed by atoms with E-state index in [1.807, 2.05) is 0 Å². The van der Waals surface area contributed by atoms with Crippen LogP contribution in [-0.4, -0.2) is 25.7 Å². The van der Waals surface area contributed by atoms with Crippen LogP contribution in [0.15, 0.2) is 18.2 Å². The number of hydrogen-bond donors (Lipinski definition) is 0. The average molecular weight is 322 g/mol. The maximum Gasteiger partial charge on any atom is 0.313 e. The van der Waals surface area contributed by atoms with E-state index in [2.05, 4.69) is 0 Å². The Hall–Kier alpha value is -1.34. The number of unbranched alkanes of at least 4 members (excludes halogenated alkanes) is 2. The van der Waals surface area contributed by atoms with Crippen LogP contribution in [0, 0.1) is 17.0 Å². The summed E-state index contributed by atoms with van der Waals surface area (Å²) in [5.41, 5.74) is 0.511. The Labute approximate surface area is 122 Å². The summed E-state index contributed by atoms with van der Waals surface area (Å²) in [6, 6.07) is 4.89. The number of aryl methyl sites for hydroxylation is 1. The molecule has 0 unspecified atom stereocenters. The zero-order valence-electron chi connectivity index (χ0n) is 11.0. The monoisotopic (exact) mass is 321 g/mol. The van der Waals surface area contributed by atoms with Crippen molar-refractivity contribution < 1.29 is 18.1 Å². The highest BCUT2D eigenvalue weighted by atomic mass is 35.7. The molecule has 0 aliphatic heterocycles. The maximum atomic E-state index is 10.9. The molecule has 0 saturated carbocycles. The van der Waals surface area contributed by atoms with Gasteiger partial charge in [0.05, 0.1) is 17.3 Å². The first-order chi connectivity index (χ1) is 9.31. The summed E-state index contributed by atoms with van der Waals surface area (Å²) in [4.78, 5) is 10.5. The van der Waals surface area contributed by atoms with Crippen molar-refractivity contribution in [3.05, 3.63) is 33.9 Å². The minimum atomic E-state index is -3.44. The second-order valence-corrected chi connectivity index (χ2v) is 7.23. The zero-order chi connectivity index (χ0) is 15.2. The second kappa shape index (κ2) is 7.44. The number of halogens is 1. The lowest BCUT2D eigenvalue weighted by atomic mass is 10.2. The Morgan fingerprint density at radius 3 is 2.60 bits per heavy atom. The van der Waals surface area contributed by atoms with Crippen LogP contribution in [0.1, 0.15) is 24.8 Å². The van der Waals surface area contributed by atoms with E-state index in [0.29, 0.717) is 31.4 Å². The largest absolute Gasteiger partial charge is 0.487 e. The number of rotatable bonds is 8. The Balaban J connectivity index is 2.43. The topological polar surface area (TPSA) is 86.5 Å². The summed E-state index contributed by atoms with van der Waals surface area (Å²) in [6.07, 6.45) is 1.69. The van der Waals surface area contributed by atoms with Gasteiger partial charge in [-0.05, 0) is 32.3 Å². The number of nitro groups is 1. The van der Waals surface area contributed by atoms with E-state index in [0.717, 1.165) is 0 Å². The fraction of sp³-hybridized carbons (Fsp3) is 0.500. The third-order valence-electron chi connectivity index (χ3n) is 2.67. The molecule has 1 aromatic carbocycles. The molecule has 0 aromatic heterocycles. The molecule has 0 fully saturated rings. The van der Waals surface area contributed by atoms with Crippen molar-refractivity contribution in [3.63, 3.8) is 0 Å². The fourth-order valence-electron chi connectivity index (χ4n) is 1.72. The summed E-state index contributed by atoms with van der Waals surface area (Å²) < 4.78 is 26.8. The highest BCUT2D eigenvalue weighted by molar-refractivity contribution is 8.13. The van der Waals surface area contributed by atoms with Gasteiger partial charge in [-0.15, -0.1) is 0 Å². The molecule has 0 heterocycles. The molecule has 0 aliphatic carbocycles. The van der Waals surface area contributed by atoms with Gasteiger partial charge in [-0.25, -0.2) is 8.42 Å². The number of para-hydroxylation sites is 1. The Morgan fingerprint density at radius 2 is 2.00 bits per heavy atom. The highest BCUT2D eigenvalue weighted by Gasteiger charge is 2.17. The molecule has 0 radical (unpaired) electrons. The van der Waals surface area contributed by atoms with Gasteiger partial charge in [0, 0.05) is 16.2 Å². The molecule has 112 valence electrons. The number of ether oxygens (including phenoxy) is 1. The van der Waals surface area contributed by atoms with Gasteiger partial charge in [-0.2, -0.15) is 0 Å². The summed E-state index contributed by atoms with van der Waals surface area (Å²) in [7, 11) is 1.64. The van der Waals surface area contributed by atoms with E-state index < -0.39 is 14.0 Å². The molecule has 6 nitrogen and oxygen atoms in total. The molecule has 0 amide bonds. The molecule has 0 aliphatic rings. The fourth-order valence-corrected chi connectivity index (χ4v) is 2.59. The quantitative estimate of drug-likeness (QED) is 0.318. The lowest BCUT2D eigenvalue weighted by molar-refractivity contribution is -0.386. The Morgan fingerprint density at radius 1 is 1.30 bits per heavy atom. The van der Waals surface area contributed by atoms with Crippen LogP contribution in [-0.2, 0) is 9.05 Å². The molecule has 0 N–H and O–H groups in total. The number of benzene rings is 1. The van der Waals surface area contributed by atoms with Gasteiger partial charge in [0.1, 0.15) is 0 Å². The lowest BCUT2D eigenvalue weighted by Crippen LogP contribution is -2.03. The predicted octanol–water partition coefficient (Wildman–Crippen LogP) is 3.02. The number of nitro benzene ring substituents is 1. The zero-order valence-corrected chi connectivity index (χ0v) is 12.6. The van der Waals surface area contributed by atoms with Crippen molar-refractivity contribution in [3.8, 4) is 5.75 Å². The summed E-state index contributed by atoms with van der Waals surface area (Å²) >= 11 is 0. The predicted molar refractivity (Wildman–Crippen MR) is 76.8 cm³/mol. The third-order valence-corrected chi connectivity index (χ3v) is 3.91. The molecule has 0 spiro atoms. The van der Waals surface area contributed by atoms with Gasteiger partial charge in [0.25, 0.3) is 0 Å². The van der Waals surface area contributed by atoms with Crippen molar-refractivity contribution >= 4 is 25.4 Å². The third kappa shape index (κ3) is 5.75. The van der Waals surface area contributed by atoms with Gasteiger partial charge in [0.15, 0.2) is 5.75 Å². The maximum absolute atomic E-state index is 10.9. The van der Waals surface area contributed by atoms with E-state index in [9.17, 15) is 18.5 Å². The molecule has 0 saturated heterocycles. The number of hydrogen-bond acceptors (Lipinski definition) is 5. The standard InChI is InChI=1S/C12H16ClNO5S/c1-10-6-5-7-11(12(10)14(15)16)19-8-3-2-4-9-20(13,17)18/h5-7H,2-4,8-9H2,1H3. The molecular formula is C12H16ClNO5S. The van der Waals surface area contributed by atoms with E-state index in [-0.39, 0.29) is 17.2 Å². The van der Waals surface area contributed by atoms with Crippen LogP contribution in [0.5, 0.6) is 5.75 Å². The van der Waals surface area contributed by atoms with Gasteiger partial charge < -0.3 is 4.74 Å². The Kier molecular flexibility index (Phi) is 6.22. The molecule has 0 atom stereocenters. The van der Waals surface area contributed by atoms with Crippen molar-refractivity contribution in [2.75, 3.05) is 12.4 Å². The highest BCUT2D eigenvalue weighted by Crippen LogP contribution is 2.30. The first-order valence-corrected chi connectivity index (χ1v) is 8.58. The summed E-state index contributed by atoms with van der Waals surface area (Å²) in [6.45, 7) is 1.95. The first kappa shape index (κ1) is 16.7. The van der Waals surface area contributed by atoms with Gasteiger partial charge in [-0.3, -0.25) is 10.1 Å². The SMILES string of the molecule is Cc1cccc(OCCCCCS(=O)(=O)Cl)c1[N+](=O)[O-]. The molecule has 0 bridgehead atoms. The van der Waals surface area contributed by atoms with E-state index >= 15 is 0 Å². The van der Waals surface area contributed by atoms with E-state index in [1.165, 1.54) is 0 Å². The number of nitrogens with zero attached hydrogens (tertiary/aromatic N) is 1. The van der Waals surface area contributed by atoms with Crippen LogP contribution in [0.3, 0.4) is 0 Å². The molecule has 1 aromatic rings. The van der Waals surface area contributed by atoms with E-state index in [1.54, 1.807) is 25.1 Å². The van der Waals surface area contributed by atoms with Gasteiger partial charge >= 0.3 is 5.69 Å². The minimum absolute atomic E-state index is 0.0316. The normalized spacial score (nSPS) is 11.3. The van der Waals surface area contributed by atoms with Crippen LogP contribution in [0.25, 0.3) is 0 Å². The molecule has 1 rings (SSSR count). The second-order valence-electron chi connectivity index (χ2n) is 4.33. The van der Waals surface area contributed by atoms with Crippen LogP contribution < -0.4 is 4.74 Å². The van der Waals surface area contributed by atoms with E-state index in [4.69, 9.17) is 15.4 Å². The summed E-state index contributed by atoms with van der Waals surface area (Å²) in [5.74, 6) is 0.166. The van der Waals surface area contributed by atoms with Crippen LogP contribution >= 0.6 is 10.7 Å². The lowest BCUT2D eigenvalue weighted by Gasteiger charge is -2.07. The molecular weight excluding hydrogens is 306 g/mol. The van der Waals surface area contributed by atoms with Crippen molar-refractivity contribution in [2.24, 2.45) is 0 Å². The van der Waals surface area contributed by atoms with Crippen molar-refractivity contribution in [1.29, 1.82) is 0 Å². The van der Waals surface area contributed by atoms with Crippen molar-refractivity contribution in [1.82, 2.24) is 0 Å². The average Bonchev–Trinajstić information content (AvgIpc) is 2.31. The van der Waals surface area contributed by atoms with Crippen molar-refractivity contribution in [2.45, 2.75) is 26.2 Å². The van der Waals surface area contributed by atoms with Gasteiger partial charge in [-0.1, -0.05) is 12.1 Å². The summed E-state index contributed by atoms with van der Waals surface area (Å²) in [5, 5.41) is 10.9. The smallest absolute Gasteiger partial charge is 0.313 e. The molecule has 20 heavy (non-hydrogen) atoms. The van der Waals surface area contributed by atoms with Crippen LogP contribution in [0.2, 0.25) is 0 Å². The minimum Gasteiger partial charge on any atom is -0.487 e. The van der Waals surface area contributed by atoms with Gasteiger partial charge in [0.2, 0.25) is 9.05 Å². The molecule has 8 heteroatoms. The first-order valence-electron chi connectivity index (χ1n) is 6.10. The Bertz CT molecular complexity index is 573.